The van der Waals surface area contributed by atoms with Crippen LogP contribution in [0.25, 0.3) is 5.78 Å². The Balaban J connectivity index is 1.62. The molecule has 3 aromatic heterocycles. The summed E-state index contributed by atoms with van der Waals surface area (Å²) in [7, 11) is 0. The fourth-order valence-electron chi connectivity index (χ4n) is 3.54. The summed E-state index contributed by atoms with van der Waals surface area (Å²) < 4.78 is 1.97. The van der Waals surface area contributed by atoms with Crippen molar-refractivity contribution in [2.75, 3.05) is 6.54 Å². The molecule has 1 amide bonds. The molecule has 1 aliphatic heterocycles. The number of nitrogens with zero attached hydrogens (tertiary/aromatic N) is 5. The number of rotatable bonds is 3. The van der Waals surface area contributed by atoms with Crippen LogP contribution in [0.4, 0.5) is 0 Å². The summed E-state index contributed by atoms with van der Waals surface area (Å²) in [5.41, 5.74) is 2.90. The number of piperidine rings is 1. The topological polar surface area (TPSA) is 63.4 Å². The van der Waals surface area contributed by atoms with Crippen LogP contribution < -0.4 is 0 Å². The Labute approximate surface area is 150 Å². The van der Waals surface area contributed by atoms with Crippen LogP contribution in [0.3, 0.4) is 0 Å². The molecule has 1 atom stereocenters. The molecule has 7 heteroatoms. The first kappa shape index (κ1) is 16.2. The van der Waals surface area contributed by atoms with Crippen LogP contribution >= 0.6 is 11.3 Å². The van der Waals surface area contributed by atoms with Crippen molar-refractivity contribution in [3.63, 3.8) is 0 Å². The number of carbonyl (C=O) groups is 1. The lowest BCUT2D eigenvalue weighted by molar-refractivity contribution is -0.134. The Kier molecular flexibility index (Phi) is 4.25. The van der Waals surface area contributed by atoms with E-state index < -0.39 is 0 Å². The molecule has 0 radical (unpaired) electrons. The van der Waals surface area contributed by atoms with E-state index in [-0.39, 0.29) is 11.9 Å². The molecule has 130 valence electrons. The van der Waals surface area contributed by atoms with Crippen molar-refractivity contribution in [3.05, 3.63) is 45.9 Å². The first-order chi connectivity index (χ1) is 12.1. The molecule has 1 saturated heterocycles. The minimum Gasteiger partial charge on any atom is -0.334 e. The zero-order valence-electron chi connectivity index (χ0n) is 14.5. The summed E-state index contributed by atoms with van der Waals surface area (Å²) in [4.78, 5) is 28.3. The monoisotopic (exact) mass is 355 g/mol. The van der Waals surface area contributed by atoms with Crippen molar-refractivity contribution in [2.45, 2.75) is 45.6 Å². The number of hydrogen-bond donors (Lipinski definition) is 0. The maximum absolute atomic E-state index is 12.9. The molecule has 0 aromatic carbocycles. The molecular weight excluding hydrogens is 334 g/mol. The van der Waals surface area contributed by atoms with E-state index in [1.165, 1.54) is 0 Å². The number of aromatic nitrogens is 4. The summed E-state index contributed by atoms with van der Waals surface area (Å²) in [6.07, 6.45) is 7.15. The van der Waals surface area contributed by atoms with Gasteiger partial charge in [-0.3, -0.25) is 9.20 Å². The van der Waals surface area contributed by atoms with E-state index in [9.17, 15) is 4.79 Å². The highest BCUT2D eigenvalue weighted by atomic mass is 32.1. The molecule has 0 bridgehead atoms. The summed E-state index contributed by atoms with van der Waals surface area (Å²) in [5, 5.41) is 2.98. The number of imidazole rings is 1. The molecule has 0 spiro atoms. The first-order valence-corrected chi connectivity index (χ1v) is 9.51. The predicted molar refractivity (Wildman–Crippen MR) is 96.6 cm³/mol. The molecule has 0 unspecified atom stereocenters. The highest BCUT2D eigenvalue weighted by Crippen LogP contribution is 2.31. The Bertz CT molecular complexity index is 915. The Morgan fingerprint density at radius 3 is 3.00 bits per heavy atom. The normalized spacial score (nSPS) is 18.0. The van der Waals surface area contributed by atoms with Gasteiger partial charge in [0.25, 0.3) is 0 Å². The van der Waals surface area contributed by atoms with Crippen molar-refractivity contribution in [1.29, 1.82) is 0 Å². The largest absolute Gasteiger partial charge is 0.334 e. The fraction of sp³-hybridized carbons (Fsp3) is 0.444. The van der Waals surface area contributed by atoms with E-state index in [0.717, 1.165) is 47.9 Å². The SMILES string of the molecule is Cc1nc(CC(=O)N2CCCC[C@H]2c2cc(C)n3ccnc3n2)cs1. The van der Waals surface area contributed by atoms with Crippen molar-refractivity contribution >= 4 is 23.0 Å². The third-order valence-corrected chi connectivity index (χ3v) is 5.57. The quantitative estimate of drug-likeness (QED) is 0.724. The number of carbonyl (C=O) groups excluding carboxylic acids is 1. The summed E-state index contributed by atoms with van der Waals surface area (Å²) in [6, 6.07) is 2.11. The highest BCUT2D eigenvalue weighted by Gasteiger charge is 2.29. The predicted octanol–water partition coefficient (Wildman–Crippen LogP) is 3.10. The molecule has 1 fully saturated rings. The van der Waals surface area contributed by atoms with Crippen LogP contribution in [-0.4, -0.2) is 36.7 Å². The van der Waals surface area contributed by atoms with Crippen LogP contribution in [0.5, 0.6) is 0 Å². The van der Waals surface area contributed by atoms with Crippen LogP contribution in [0, 0.1) is 13.8 Å². The van der Waals surface area contributed by atoms with Gasteiger partial charge in [-0.05, 0) is 39.2 Å². The van der Waals surface area contributed by atoms with Gasteiger partial charge < -0.3 is 4.90 Å². The molecule has 4 heterocycles. The van der Waals surface area contributed by atoms with E-state index in [0.29, 0.717) is 12.2 Å². The lowest BCUT2D eigenvalue weighted by Gasteiger charge is -2.35. The zero-order chi connectivity index (χ0) is 17.4. The van der Waals surface area contributed by atoms with Gasteiger partial charge in [0.2, 0.25) is 11.7 Å². The average Bonchev–Trinajstić information content (AvgIpc) is 3.24. The van der Waals surface area contributed by atoms with Crippen molar-refractivity contribution in [1.82, 2.24) is 24.3 Å². The van der Waals surface area contributed by atoms with Crippen molar-refractivity contribution < 1.29 is 4.79 Å². The molecule has 6 nitrogen and oxygen atoms in total. The maximum atomic E-state index is 12.9. The Morgan fingerprint density at radius 2 is 2.20 bits per heavy atom. The van der Waals surface area contributed by atoms with Crippen LogP contribution in [-0.2, 0) is 11.2 Å². The number of amides is 1. The Hall–Kier alpha value is -2.28. The van der Waals surface area contributed by atoms with Crippen molar-refractivity contribution in [3.8, 4) is 0 Å². The molecule has 0 saturated carbocycles. The second-order valence-corrected chi connectivity index (χ2v) is 7.62. The first-order valence-electron chi connectivity index (χ1n) is 8.63. The van der Waals surface area contributed by atoms with E-state index in [1.807, 2.05) is 34.7 Å². The van der Waals surface area contributed by atoms with Gasteiger partial charge in [0, 0.05) is 30.0 Å². The fourth-order valence-corrected chi connectivity index (χ4v) is 4.15. The second-order valence-electron chi connectivity index (χ2n) is 6.55. The number of likely N-dealkylation sites (tertiary alicyclic amines) is 1. The molecule has 1 aliphatic rings. The smallest absolute Gasteiger partial charge is 0.234 e. The number of fused-ring (bicyclic) bond motifs is 1. The van der Waals surface area contributed by atoms with Crippen LogP contribution in [0.15, 0.2) is 23.8 Å². The van der Waals surface area contributed by atoms with Crippen LogP contribution in [0.1, 0.15) is 47.4 Å². The summed E-state index contributed by atoms with van der Waals surface area (Å²) in [5.74, 6) is 0.834. The van der Waals surface area contributed by atoms with Crippen molar-refractivity contribution in [2.24, 2.45) is 0 Å². The standard InChI is InChI=1S/C18H21N5OS/c1-12-9-15(21-18-19-6-8-22(12)18)16-5-3-4-7-23(16)17(24)10-14-11-25-13(2)20-14/h6,8-9,11,16H,3-5,7,10H2,1-2H3/t16-/m0/s1. The van der Waals surface area contributed by atoms with Gasteiger partial charge in [-0.2, -0.15) is 0 Å². The van der Waals surface area contributed by atoms with Gasteiger partial charge in [0.15, 0.2) is 0 Å². The van der Waals surface area contributed by atoms with Gasteiger partial charge >= 0.3 is 0 Å². The van der Waals surface area contributed by atoms with E-state index >= 15 is 0 Å². The highest BCUT2D eigenvalue weighted by molar-refractivity contribution is 7.09. The lowest BCUT2D eigenvalue weighted by Crippen LogP contribution is -2.39. The van der Waals surface area contributed by atoms with E-state index in [4.69, 9.17) is 4.98 Å². The van der Waals surface area contributed by atoms with Gasteiger partial charge in [-0.15, -0.1) is 11.3 Å². The van der Waals surface area contributed by atoms with Gasteiger partial charge in [-0.25, -0.2) is 15.0 Å². The summed E-state index contributed by atoms with van der Waals surface area (Å²) in [6.45, 7) is 4.80. The van der Waals surface area contributed by atoms with Crippen LogP contribution in [0.2, 0.25) is 0 Å². The number of aryl methyl sites for hydroxylation is 2. The molecule has 0 N–H and O–H groups in total. The summed E-state index contributed by atoms with van der Waals surface area (Å²) >= 11 is 1.59. The third kappa shape index (κ3) is 3.16. The molecule has 4 rings (SSSR count). The minimum atomic E-state index is 0.0291. The maximum Gasteiger partial charge on any atom is 0.234 e. The molecule has 0 aliphatic carbocycles. The zero-order valence-corrected chi connectivity index (χ0v) is 15.3. The van der Waals surface area contributed by atoms with Gasteiger partial charge in [0.05, 0.1) is 28.9 Å². The average molecular weight is 355 g/mol. The minimum absolute atomic E-state index is 0.0291. The molecule has 3 aromatic rings. The lowest BCUT2D eigenvalue weighted by atomic mass is 9.98. The Morgan fingerprint density at radius 1 is 1.32 bits per heavy atom. The molecular formula is C18H21N5OS. The second kappa shape index (κ2) is 6.55. The van der Waals surface area contributed by atoms with Gasteiger partial charge in [-0.1, -0.05) is 0 Å². The van der Waals surface area contributed by atoms with Gasteiger partial charge in [0.1, 0.15) is 0 Å². The van der Waals surface area contributed by atoms with E-state index in [1.54, 1.807) is 17.5 Å². The molecule has 25 heavy (non-hydrogen) atoms. The third-order valence-electron chi connectivity index (χ3n) is 4.75. The van der Waals surface area contributed by atoms with E-state index in [2.05, 4.69) is 16.0 Å². The number of hydrogen-bond acceptors (Lipinski definition) is 5. The number of thiazole rings is 1.